The van der Waals surface area contributed by atoms with Gasteiger partial charge in [-0.05, 0) is 88.3 Å². The van der Waals surface area contributed by atoms with Crippen molar-refractivity contribution in [1.29, 1.82) is 0 Å². The van der Waals surface area contributed by atoms with E-state index in [1.165, 1.54) is 0 Å². The van der Waals surface area contributed by atoms with Crippen molar-refractivity contribution in [3.63, 3.8) is 0 Å². The predicted molar refractivity (Wildman–Crippen MR) is 268 cm³/mol. The van der Waals surface area contributed by atoms with E-state index in [-0.39, 0.29) is 42.5 Å². The Bertz CT molecular complexity index is 2900. The second-order valence-corrected chi connectivity index (χ2v) is 19.5. The van der Waals surface area contributed by atoms with Gasteiger partial charge < -0.3 is 50.6 Å². The quantitative estimate of drug-likeness (QED) is 0.105. The highest BCUT2D eigenvalue weighted by atomic mass is 16.6. The molecule has 70 heavy (non-hydrogen) atoms. The molecular formula is C51H59N13O6. The number of hydrogen-bond donors (Lipinski definition) is 4. The maximum atomic E-state index is 13.7. The number of likely N-dealkylation sites (tertiary alicyclic amines) is 1. The van der Waals surface area contributed by atoms with Crippen LogP contribution >= 0.6 is 0 Å². The van der Waals surface area contributed by atoms with Gasteiger partial charge in [0, 0.05) is 106 Å². The average Bonchev–Trinajstić information content (AvgIpc) is 4.00. The maximum absolute atomic E-state index is 13.7. The van der Waals surface area contributed by atoms with E-state index < -0.39 is 5.60 Å². The molecule has 1 unspecified atom stereocenters. The molecule has 4 fully saturated rings. The van der Waals surface area contributed by atoms with E-state index in [9.17, 15) is 14.4 Å². The first-order valence-corrected chi connectivity index (χ1v) is 24.1. The maximum Gasteiger partial charge on any atom is 0.410 e. The van der Waals surface area contributed by atoms with Crippen molar-refractivity contribution >= 4 is 68.9 Å². The number of hydrogen-bond acceptors (Lipinski definition) is 16. The minimum absolute atomic E-state index is 0.0276. The van der Waals surface area contributed by atoms with Crippen LogP contribution in [-0.4, -0.2) is 140 Å². The SMILES string of the molecule is CO[C@H]1CC[C@H](Nc2ncc3c(N)ncc(-c4ccc(N5CC(Nc6ncc(-c7ccc(C(=O)N8CCOCC8)cc7)c7nc(N[C@H]8CCN(C(=O)OC(C)(C)C)C8)ncc67)CC5=O)cc4)c3n2)CC1. The van der Waals surface area contributed by atoms with Gasteiger partial charge in [-0.2, -0.15) is 0 Å². The van der Waals surface area contributed by atoms with Crippen LogP contribution < -0.4 is 26.6 Å². The van der Waals surface area contributed by atoms with Crippen LogP contribution in [0.5, 0.6) is 0 Å². The summed E-state index contributed by atoms with van der Waals surface area (Å²) in [6.07, 6.45) is 11.8. The molecule has 3 amide bonds. The van der Waals surface area contributed by atoms with Crippen molar-refractivity contribution in [2.75, 3.05) is 79.6 Å². The number of fused-ring (bicyclic) bond motifs is 2. The zero-order chi connectivity index (χ0) is 48.5. The third-order valence-electron chi connectivity index (χ3n) is 13.5. The monoisotopic (exact) mass is 949 g/mol. The Hall–Kier alpha value is -7.25. The molecule has 1 aliphatic carbocycles. The number of carbonyl (C=O) groups excluding carboxylic acids is 3. The molecule has 7 heterocycles. The summed E-state index contributed by atoms with van der Waals surface area (Å²) >= 11 is 0. The van der Waals surface area contributed by atoms with Crippen molar-refractivity contribution in [3.8, 4) is 22.3 Å². The van der Waals surface area contributed by atoms with Gasteiger partial charge >= 0.3 is 6.09 Å². The highest BCUT2D eigenvalue weighted by Crippen LogP contribution is 2.35. The zero-order valence-corrected chi connectivity index (χ0v) is 40.0. The Balaban J connectivity index is 0.873. The number of ether oxygens (including phenoxy) is 3. The molecule has 0 bridgehead atoms. The standard InChI is InChI=1S/C51H59N13O6/c1-51(2,3)70-50(67)63-18-17-34(28-63)59-49-56-27-41-44(61-49)39(30-5-7-32(8-6-30)47(66)62-19-21-69-22-20-62)25-54-46(41)57-35-23-42(65)64(29-35)36-13-9-31(10-14-36)38-24-53-45(52)40-26-55-48(60-43(38)40)58-33-11-15-37(68-4)16-12-33/h5-10,13-14,24-27,33-35,37H,11-12,15-23,28-29H2,1-4H3,(H2,52,53)(H,54,57)(H,55,58,60)(H,56,59,61)/t33-,34-,35?,37-/m0/s1. The second kappa shape index (κ2) is 19.6. The first kappa shape index (κ1) is 46.5. The fourth-order valence-corrected chi connectivity index (χ4v) is 9.72. The first-order chi connectivity index (χ1) is 33.8. The van der Waals surface area contributed by atoms with Gasteiger partial charge in [0.25, 0.3) is 5.91 Å². The lowest BCUT2D eigenvalue weighted by molar-refractivity contribution is -0.117. The molecule has 5 N–H and O–H groups in total. The summed E-state index contributed by atoms with van der Waals surface area (Å²) in [6, 6.07) is 15.2. The van der Waals surface area contributed by atoms with Crippen LogP contribution in [0.2, 0.25) is 0 Å². The summed E-state index contributed by atoms with van der Waals surface area (Å²) in [6.45, 7) is 9.09. The van der Waals surface area contributed by atoms with Gasteiger partial charge in [0.05, 0.1) is 47.2 Å². The van der Waals surface area contributed by atoms with Crippen LogP contribution in [0.4, 0.5) is 34.0 Å². The summed E-state index contributed by atoms with van der Waals surface area (Å²) < 4.78 is 16.6. The van der Waals surface area contributed by atoms with E-state index in [2.05, 4.69) is 25.9 Å². The third kappa shape index (κ3) is 10.1. The highest BCUT2D eigenvalue weighted by molar-refractivity contribution is 6.02. The number of nitrogens with one attached hydrogen (secondary N) is 3. The number of nitrogens with zero attached hydrogens (tertiary/aromatic N) is 9. The Morgan fingerprint density at radius 3 is 2.00 bits per heavy atom. The molecule has 10 rings (SSSR count). The molecule has 6 aromatic rings. The topological polar surface area (TPSA) is 228 Å². The van der Waals surface area contributed by atoms with Gasteiger partial charge in [-0.3, -0.25) is 9.59 Å². The summed E-state index contributed by atoms with van der Waals surface area (Å²) in [5.74, 6) is 1.77. The van der Waals surface area contributed by atoms with Crippen molar-refractivity contribution < 1.29 is 28.6 Å². The number of pyridine rings is 2. The number of benzene rings is 2. The van der Waals surface area contributed by atoms with E-state index in [1.54, 1.807) is 46.6 Å². The molecule has 3 aliphatic heterocycles. The number of carbonyl (C=O) groups is 3. The number of morpholine rings is 1. The number of anilines is 5. The van der Waals surface area contributed by atoms with E-state index in [0.717, 1.165) is 53.6 Å². The van der Waals surface area contributed by atoms with Crippen molar-refractivity contribution in [3.05, 3.63) is 78.9 Å². The Kier molecular flexibility index (Phi) is 13.0. The fourth-order valence-electron chi connectivity index (χ4n) is 9.72. The minimum atomic E-state index is -0.596. The van der Waals surface area contributed by atoms with Crippen LogP contribution in [0.25, 0.3) is 44.1 Å². The van der Waals surface area contributed by atoms with Crippen LogP contribution in [0.15, 0.2) is 73.3 Å². The summed E-state index contributed by atoms with van der Waals surface area (Å²) in [5, 5.41) is 11.8. The third-order valence-corrected chi connectivity index (χ3v) is 13.5. The zero-order valence-electron chi connectivity index (χ0n) is 40.0. The van der Waals surface area contributed by atoms with Crippen molar-refractivity contribution in [2.24, 2.45) is 0 Å². The van der Waals surface area contributed by atoms with E-state index in [4.69, 9.17) is 39.9 Å². The molecular weight excluding hydrogens is 891 g/mol. The van der Waals surface area contributed by atoms with E-state index in [0.29, 0.717) is 109 Å². The number of rotatable bonds is 11. The Morgan fingerprint density at radius 1 is 0.700 bits per heavy atom. The fraction of sp³-hybridized carbons (Fsp3) is 0.431. The molecule has 19 heteroatoms. The Labute approximate surface area is 405 Å². The molecule has 3 saturated heterocycles. The largest absolute Gasteiger partial charge is 0.444 e. The highest BCUT2D eigenvalue weighted by Gasteiger charge is 2.33. The van der Waals surface area contributed by atoms with Gasteiger partial charge in [-0.15, -0.1) is 0 Å². The van der Waals surface area contributed by atoms with Crippen LogP contribution in [0.1, 0.15) is 69.7 Å². The van der Waals surface area contributed by atoms with Crippen molar-refractivity contribution in [1.82, 2.24) is 39.7 Å². The molecule has 1 saturated carbocycles. The van der Waals surface area contributed by atoms with Crippen LogP contribution in [0.3, 0.4) is 0 Å². The Morgan fingerprint density at radius 2 is 1.33 bits per heavy atom. The molecule has 4 aromatic heterocycles. The van der Waals surface area contributed by atoms with Gasteiger partial charge in [0.15, 0.2) is 0 Å². The van der Waals surface area contributed by atoms with Gasteiger partial charge in [0.2, 0.25) is 17.8 Å². The van der Waals surface area contributed by atoms with Crippen LogP contribution in [-0.2, 0) is 19.0 Å². The van der Waals surface area contributed by atoms with Gasteiger partial charge in [-0.1, -0.05) is 24.3 Å². The minimum Gasteiger partial charge on any atom is -0.444 e. The average molecular weight is 950 g/mol. The molecule has 0 radical (unpaired) electrons. The lowest BCUT2D eigenvalue weighted by Gasteiger charge is -2.28. The summed E-state index contributed by atoms with van der Waals surface area (Å²) in [7, 11) is 1.77. The normalized spacial score (nSPS) is 20.8. The number of methoxy groups -OCH3 is 1. The van der Waals surface area contributed by atoms with Crippen LogP contribution in [0, 0.1) is 0 Å². The molecule has 19 nitrogen and oxygen atoms in total. The number of amides is 3. The van der Waals surface area contributed by atoms with E-state index >= 15 is 0 Å². The van der Waals surface area contributed by atoms with Gasteiger partial charge in [0.1, 0.15) is 17.2 Å². The lowest BCUT2D eigenvalue weighted by atomic mass is 9.93. The summed E-state index contributed by atoms with van der Waals surface area (Å²) in [4.78, 5) is 73.8. The van der Waals surface area contributed by atoms with Crippen molar-refractivity contribution in [2.45, 2.75) is 89.1 Å². The first-order valence-electron chi connectivity index (χ1n) is 24.1. The molecule has 2 aromatic carbocycles. The second-order valence-electron chi connectivity index (χ2n) is 19.5. The smallest absolute Gasteiger partial charge is 0.410 e. The summed E-state index contributed by atoms with van der Waals surface area (Å²) in [5.41, 5.74) is 11.6. The number of nitrogens with two attached hydrogens (primary N) is 1. The van der Waals surface area contributed by atoms with E-state index in [1.807, 2.05) is 69.3 Å². The molecule has 364 valence electrons. The van der Waals surface area contributed by atoms with Gasteiger partial charge in [-0.25, -0.2) is 34.7 Å². The predicted octanol–water partition coefficient (Wildman–Crippen LogP) is 6.76. The number of nitrogen functional groups attached to an aromatic ring is 1. The lowest BCUT2D eigenvalue weighted by Crippen LogP contribution is -2.40. The molecule has 0 spiro atoms. The molecule has 2 atom stereocenters. The molecule has 4 aliphatic rings. The number of aromatic nitrogens is 6.